The lowest BCUT2D eigenvalue weighted by molar-refractivity contribution is 0.0465. The Kier molecular flexibility index (Phi) is 4.77. The van der Waals surface area contributed by atoms with Crippen molar-refractivity contribution in [2.24, 2.45) is 5.92 Å². The topological polar surface area (TPSA) is 48.4 Å². The molecule has 19 heavy (non-hydrogen) atoms. The molecule has 4 nitrogen and oxygen atoms in total. The molecule has 0 amide bonds. The number of aromatic nitrogens is 1. The van der Waals surface area contributed by atoms with Crippen molar-refractivity contribution in [3.05, 3.63) is 24.0 Å². The average Bonchev–Trinajstić information content (AvgIpc) is 2.39. The van der Waals surface area contributed by atoms with Crippen LogP contribution in [-0.4, -0.2) is 36.8 Å². The van der Waals surface area contributed by atoms with E-state index < -0.39 is 0 Å². The lowest BCUT2D eigenvalue weighted by Crippen LogP contribution is -2.37. The number of hydrogen-bond donors (Lipinski definition) is 2. The van der Waals surface area contributed by atoms with Crippen molar-refractivity contribution in [3.8, 4) is 0 Å². The molecule has 0 saturated heterocycles. The Morgan fingerprint density at radius 2 is 2.21 bits per heavy atom. The van der Waals surface area contributed by atoms with Crippen molar-refractivity contribution >= 4 is 5.69 Å². The predicted molar refractivity (Wildman–Crippen MR) is 78.3 cm³/mol. The highest BCUT2D eigenvalue weighted by Gasteiger charge is 2.28. The number of aliphatic hydroxyl groups is 1. The minimum Gasteiger partial charge on any atom is -0.393 e. The van der Waals surface area contributed by atoms with Crippen LogP contribution in [0.3, 0.4) is 0 Å². The SMILES string of the molecule is CCC(NC)c1ccc(N(C)CC2CC(O)C2)cn1. The quantitative estimate of drug-likeness (QED) is 0.823. The molecule has 0 bridgehead atoms. The third-order valence-electron chi connectivity index (χ3n) is 4.07. The second-order valence-corrected chi connectivity index (χ2v) is 5.56. The minimum atomic E-state index is -0.0696. The van der Waals surface area contributed by atoms with Crippen LogP contribution in [0, 0.1) is 5.92 Å². The Labute approximate surface area is 115 Å². The maximum Gasteiger partial charge on any atom is 0.0574 e. The average molecular weight is 263 g/mol. The first-order valence-electron chi connectivity index (χ1n) is 7.16. The maximum atomic E-state index is 9.32. The summed E-state index contributed by atoms with van der Waals surface area (Å²) in [7, 11) is 4.06. The first-order chi connectivity index (χ1) is 9.13. The normalized spacial score (nSPS) is 23.8. The number of aliphatic hydroxyl groups excluding tert-OH is 1. The second kappa shape index (κ2) is 6.35. The molecule has 2 N–H and O–H groups in total. The molecular formula is C15H25N3O. The fraction of sp³-hybridized carbons (Fsp3) is 0.667. The van der Waals surface area contributed by atoms with Crippen molar-refractivity contribution < 1.29 is 5.11 Å². The number of pyridine rings is 1. The van der Waals surface area contributed by atoms with Gasteiger partial charge in [0, 0.05) is 19.6 Å². The van der Waals surface area contributed by atoms with E-state index in [0.29, 0.717) is 12.0 Å². The van der Waals surface area contributed by atoms with E-state index in [2.05, 4.69) is 41.3 Å². The minimum absolute atomic E-state index is 0.0696. The van der Waals surface area contributed by atoms with Gasteiger partial charge in [-0.15, -0.1) is 0 Å². The van der Waals surface area contributed by atoms with Crippen molar-refractivity contribution in [3.63, 3.8) is 0 Å². The van der Waals surface area contributed by atoms with Crippen molar-refractivity contribution in [1.82, 2.24) is 10.3 Å². The van der Waals surface area contributed by atoms with Gasteiger partial charge in [-0.1, -0.05) is 6.92 Å². The Balaban J connectivity index is 1.93. The fourth-order valence-electron chi connectivity index (χ4n) is 2.73. The number of anilines is 1. The van der Waals surface area contributed by atoms with Crippen LogP contribution in [0.25, 0.3) is 0 Å². The van der Waals surface area contributed by atoms with Gasteiger partial charge in [0.2, 0.25) is 0 Å². The highest BCUT2D eigenvalue weighted by atomic mass is 16.3. The van der Waals surface area contributed by atoms with Gasteiger partial charge >= 0.3 is 0 Å². The van der Waals surface area contributed by atoms with Crippen molar-refractivity contribution in [2.75, 3.05) is 25.5 Å². The molecule has 0 aliphatic heterocycles. The molecule has 1 saturated carbocycles. The number of hydrogen-bond acceptors (Lipinski definition) is 4. The second-order valence-electron chi connectivity index (χ2n) is 5.56. The highest BCUT2D eigenvalue weighted by molar-refractivity contribution is 5.44. The van der Waals surface area contributed by atoms with Gasteiger partial charge in [-0.25, -0.2) is 0 Å². The van der Waals surface area contributed by atoms with E-state index in [-0.39, 0.29) is 6.10 Å². The van der Waals surface area contributed by atoms with Crippen LogP contribution in [0.4, 0.5) is 5.69 Å². The molecule has 0 radical (unpaired) electrons. The van der Waals surface area contributed by atoms with E-state index in [1.807, 2.05) is 13.2 Å². The molecule has 1 atom stereocenters. The summed E-state index contributed by atoms with van der Waals surface area (Å²) in [6, 6.07) is 4.57. The molecule has 1 aromatic rings. The largest absolute Gasteiger partial charge is 0.393 e. The van der Waals surface area contributed by atoms with Gasteiger partial charge in [-0.3, -0.25) is 4.98 Å². The van der Waals surface area contributed by atoms with Crippen LogP contribution >= 0.6 is 0 Å². The summed E-state index contributed by atoms with van der Waals surface area (Å²) in [5, 5.41) is 12.6. The van der Waals surface area contributed by atoms with Gasteiger partial charge in [-0.2, -0.15) is 0 Å². The molecule has 1 aromatic heterocycles. The van der Waals surface area contributed by atoms with Crippen LogP contribution in [-0.2, 0) is 0 Å². The molecule has 2 rings (SSSR count). The Morgan fingerprint density at radius 1 is 1.47 bits per heavy atom. The van der Waals surface area contributed by atoms with Gasteiger partial charge in [-0.05, 0) is 44.4 Å². The van der Waals surface area contributed by atoms with Crippen molar-refractivity contribution in [1.29, 1.82) is 0 Å². The Bertz CT molecular complexity index is 383. The van der Waals surface area contributed by atoms with E-state index >= 15 is 0 Å². The smallest absolute Gasteiger partial charge is 0.0574 e. The molecule has 1 aliphatic rings. The summed E-state index contributed by atoms with van der Waals surface area (Å²) in [5.41, 5.74) is 2.25. The molecule has 1 heterocycles. The van der Waals surface area contributed by atoms with Gasteiger partial charge in [0.15, 0.2) is 0 Å². The third kappa shape index (κ3) is 3.45. The zero-order chi connectivity index (χ0) is 13.8. The molecule has 1 fully saturated rings. The van der Waals surface area contributed by atoms with E-state index in [9.17, 15) is 5.11 Å². The molecule has 1 unspecified atom stereocenters. The molecule has 106 valence electrons. The summed E-state index contributed by atoms with van der Waals surface area (Å²) in [5.74, 6) is 0.625. The van der Waals surface area contributed by atoms with Crippen LogP contribution in [0.5, 0.6) is 0 Å². The summed E-state index contributed by atoms with van der Waals surface area (Å²) in [4.78, 5) is 6.78. The van der Waals surface area contributed by atoms with E-state index in [0.717, 1.165) is 37.2 Å². The molecule has 4 heteroatoms. The van der Waals surface area contributed by atoms with Gasteiger partial charge in [0.25, 0.3) is 0 Å². The first kappa shape index (κ1) is 14.3. The van der Waals surface area contributed by atoms with Crippen LogP contribution in [0.1, 0.15) is 37.9 Å². The summed E-state index contributed by atoms with van der Waals surface area (Å²) < 4.78 is 0. The summed E-state index contributed by atoms with van der Waals surface area (Å²) in [6.07, 6.45) is 4.80. The Morgan fingerprint density at radius 3 is 2.68 bits per heavy atom. The van der Waals surface area contributed by atoms with Gasteiger partial charge < -0.3 is 15.3 Å². The standard InChI is InChI=1S/C15H25N3O/c1-4-14(16-2)15-6-5-12(9-17-15)18(3)10-11-7-13(19)8-11/h5-6,9,11,13-14,16,19H,4,7-8,10H2,1-3H3. The third-order valence-corrected chi connectivity index (χ3v) is 4.07. The summed E-state index contributed by atoms with van der Waals surface area (Å²) >= 11 is 0. The first-order valence-corrected chi connectivity index (χ1v) is 7.16. The number of nitrogens with one attached hydrogen (secondary N) is 1. The Hall–Kier alpha value is -1.13. The van der Waals surface area contributed by atoms with Crippen molar-refractivity contribution in [2.45, 2.75) is 38.3 Å². The fourth-order valence-corrected chi connectivity index (χ4v) is 2.73. The van der Waals surface area contributed by atoms with Gasteiger partial charge in [0.05, 0.1) is 23.7 Å². The monoisotopic (exact) mass is 263 g/mol. The molecular weight excluding hydrogens is 238 g/mol. The van der Waals surface area contributed by atoms with E-state index in [4.69, 9.17) is 0 Å². The van der Waals surface area contributed by atoms with Crippen LogP contribution in [0.15, 0.2) is 18.3 Å². The van der Waals surface area contributed by atoms with E-state index in [1.165, 1.54) is 0 Å². The van der Waals surface area contributed by atoms with Crippen LogP contribution < -0.4 is 10.2 Å². The molecule has 1 aliphatic carbocycles. The van der Waals surface area contributed by atoms with Crippen LogP contribution in [0.2, 0.25) is 0 Å². The number of rotatable bonds is 6. The number of nitrogens with zero attached hydrogens (tertiary/aromatic N) is 2. The summed E-state index contributed by atoms with van der Waals surface area (Å²) in [6.45, 7) is 3.16. The lowest BCUT2D eigenvalue weighted by Gasteiger charge is -2.35. The zero-order valence-electron chi connectivity index (χ0n) is 12.1. The van der Waals surface area contributed by atoms with E-state index in [1.54, 1.807) is 0 Å². The maximum absolute atomic E-state index is 9.32. The molecule has 0 spiro atoms. The molecule has 0 aromatic carbocycles. The lowest BCUT2D eigenvalue weighted by atomic mass is 9.82. The highest BCUT2D eigenvalue weighted by Crippen LogP contribution is 2.29. The zero-order valence-corrected chi connectivity index (χ0v) is 12.1. The predicted octanol–water partition coefficient (Wildman–Crippen LogP) is 1.96. The van der Waals surface area contributed by atoms with Gasteiger partial charge in [0.1, 0.15) is 0 Å².